The van der Waals surface area contributed by atoms with E-state index in [9.17, 15) is 0 Å². The summed E-state index contributed by atoms with van der Waals surface area (Å²) in [5.74, 6) is 0. The van der Waals surface area contributed by atoms with Gasteiger partial charge in [-0.25, -0.2) is 4.98 Å². The quantitative estimate of drug-likeness (QED) is 0.911. The molecule has 2 aromatic heterocycles. The Balaban J connectivity index is 1.86. The summed E-state index contributed by atoms with van der Waals surface area (Å²) in [5.41, 5.74) is 2.28. The van der Waals surface area contributed by atoms with Gasteiger partial charge in [0.05, 0.1) is 11.9 Å². The summed E-state index contributed by atoms with van der Waals surface area (Å²) in [5, 5.41) is 8.61. The highest BCUT2D eigenvalue weighted by atomic mass is 35.5. The summed E-state index contributed by atoms with van der Waals surface area (Å²) in [6.07, 6.45) is 3.70. The molecule has 0 saturated carbocycles. The molecule has 0 aliphatic rings. The molecule has 0 radical (unpaired) electrons. The molecule has 0 aromatic carbocycles. The second-order valence-electron chi connectivity index (χ2n) is 3.58. The van der Waals surface area contributed by atoms with Crippen LogP contribution in [0.4, 0.5) is 0 Å². The fourth-order valence-electron chi connectivity index (χ4n) is 1.50. The Morgan fingerprint density at radius 1 is 1.50 bits per heavy atom. The van der Waals surface area contributed by atoms with Gasteiger partial charge in [0.2, 0.25) is 0 Å². The summed E-state index contributed by atoms with van der Waals surface area (Å²) < 4.78 is 2.56. The van der Waals surface area contributed by atoms with Crippen molar-refractivity contribution in [2.75, 3.05) is 0 Å². The maximum absolute atomic E-state index is 5.80. The van der Waals surface area contributed by atoms with Crippen LogP contribution in [0.2, 0.25) is 4.34 Å². The van der Waals surface area contributed by atoms with E-state index in [0.29, 0.717) is 0 Å². The van der Waals surface area contributed by atoms with Gasteiger partial charge in [-0.15, -0.1) is 11.3 Å². The molecule has 0 aliphatic carbocycles. The number of nitrogens with one attached hydrogen (secondary N) is 1. The van der Waals surface area contributed by atoms with Gasteiger partial charge in [-0.2, -0.15) is 5.10 Å². The van der Waals surface area contributed by atoms with Crippen molar-refractivity contribution in [2.45, 2.75) is 20.0 Å². The van der Waals surface area contributed by atoms with Crippen molar-refractivity contribution in [2.24, 2.45) is 7.05 Å². The molecule has 0 unspecified atom stereocenters. The van der Waals surface area contributed by atoms with Gasteiger partial charge in [-0.1, -0.05) is 11.6 Å². The Kier molecular flexibility index (Phi) is 3.58. The third-order valence-corrected chi connectivity index (χ3v) is 3.35. The van der Waals surface area contributed by atoms with Gasteiger partial charge in [-0.05, 0) is 6.92 Å². The van der Waals surface area contributed by atoms with E-state index < -0.39 is 0 Å². The van der Waals surface area contributed by atoms with E-state index >= 15 is 0 Å². The van der Waals surface area contributed by atoms with Crippen molar-refractivity contribution in [1.29, 1.82) is 0 Å². The maximum Gasteiger partial charge on any atom is 0.113 e. The molecule has 16 heavy (non-hydrogen) atoms. The molecule has 1 N–H and O–H groups in total. The smallest absolute Gasteiger partial charge is 0.113 e. The average molecular weight is 257 g/mol. The summed E-state index contributed by atoms with van der Waals surface area (Å²) >= 11 is 7.30. The molecule has 86 valence electrons. The Morgan fingerprint density at radius 2 is 2.31 bits per heavy atom. The van der Waals surface area contributed by atoms with Gasteiger partial charge >= 0.3 is 0 Å². The second kappa shape index (κ2) is 4.95. The number of hydrogen-bond acceptors (Lipinski definition) is 4. The van der Waals surface area contributed by atoms with E-state index in [1.165, 1.54) is 16.9 Å². The van der Waals surface area contributed by atoms with Gasteiger partial charge in [-0.3, -0.25) is 4.68 Å². The first-order chi connectivity index (χ1) is 7.65. The lowest BCUT2D eigenvalue weighted by Crippen LogP contribution is -2.12. The van der Waals surface area contributed by atoms with Gasteiger partial charge in [0.15, 0.2) is 0 Å². The van der Waals surface area contributed by atoms with E-state index in [1.54, 1.807) is 6.20 Å². The predicted octanol–water partition coefficient (Wildman–Crippen LogP) is 2.13. The van der Waals surface area contributed by atoms with Crippen LogP contribution < -0.4 is 5.32 Å². The monoisotopic (exact) mass is 256 g/mol. The highest BCUT2D eigenvalue weighted by Gasteiger charge is 2.03. The predicted molar refractivity (Wildman–Crippen MR) is 65.6 cm³/mol. The molecular formula is C10H13ClN4S. The number of thiazole rings is 1. The fourth-order valence-corrected chi connectivity index (χ4v) is 2.42. The van der Waals surface area contributed by atoms with Crippen LogP contribution in [0.1, 0.15) is 16.3 Å². The standard InChI is InChI=1S/C10H13ClN4S/c1-7-8(6-15(2)14-7)3-12-5-10-13-4-9(11)16-10/h4,6,12H,3,5H2,1-2H3. The highest BCUT2D eigenvalue weighted by molar-refractivity contribution is 7.15. The zero-order chi connectivity index (χ0) is 11.5. The Morgan fingerprint density at radius 3 is 2.88 bits per heavy atom. The van der Waals surface area contributed by atoms with Crippen LogP contribution in [0, 0.1) is 6.92 Å². The van der Waals surface area contributed by atoms with Crippen LogP contribution in [0.3, 0.4) is 0 Å². The summed E-state index contributed by atoms with van der Waals surface area (Å²) in [4.78, 5) is 4.18. The molecule has 2 aromatic rings. The number of rotatable bonds is 4. The van der Waals surface area contributed by atoms with Crippen LogP contribution in [-0.2, 0) is 20.1 Å². The molecule has 0 bridgehead atoms. The number of halogens is 1. The van der Waals surface area contributed by atoms with Gasteiger partial charge < -0.3 is 5.32 Å². The van der Waals surface area contributed by atoms with Crippen LogP contribution >= 0.6 is 22.9 Å². The van der Waals surface area contributed by atoms with E-state index in [4.69, 9.17) is 11.6 Å². The number of aromatic nitrogens is 3. The molecule has 0 amide bonds. The number of hydrogen-bond donors (Lipinski definition) is 1. The first-order valence-corrected chi connectivity index (χ1v) is 6.14. The highest BCUT2D eigenvalue weighted by Crippen LogP contribution is 2.17. The third-order valence-electron chi connectivity index (χ3n) is 2.23. The third kappa shape index (κ3) is 2.81. The van der Waals surface area contributed by atoms with Crippen LogP contribution in [0.5, 0.6) is 0 Å². The van der Waals surface area contributed by atoms with Crippen LogP contribution in [0.25, 0.3) is 0 Å². The van der Waals surface area contributed by atoms with Crippen molar-refractivity contribution >= 4 is 22.9 Å². The molecule has 0 spiro atoms. The minimum atomic E-state index is 0.731. The largest absolute Gasteiger partial charge is 0.306 e. The second-order valence-corrected chi connectivity index (χ2v) is 5.32. The molecule has 0 saturated heterocycles. The zero-order valence-corrected chi connectivity index (χ0v) is 10.8. The topological polar surface area (TPSA) is 42.7 Å². The molecular weight excluding hydrogens is 244 g/mol. The van der Waals surface area contributed by atoms with E-state index in [-0.39, 0.29) is 0 Å². The van der Waals surface area contributed by atoms with Crippen LogP contribution in [-0.4, -0.2) is 14.8 Å². The van der Waals surface area contributed by atoms with Crippen LogP contribution in [0.15, 0.2) is 12.4 Å². The summed E-state index contributed by atoms with van der Waals surface area (Å²) in [6.45, 7) is 3.56. The Bertz CT molecular complexity index is 477. The zero-order valence-electron chi connectivity index (χ0n) is 9.20. The Hall–Kier alpha value is -0.910. The molecule has 4 nitrogen and oxygen atoms in total. The molecule has 0 aliphatic heterocycles. The maximum atomic E-state index is 5.80. The summed E-state index contributed by atoms with van der Waals surface area (Å²) in [6, 6.07) is 0. The van der Waals surface area contributed by atoms with Crippen molar-refractivity contribution in [1.82, 2.24) is 20.1 Å². The first kappa shape index (κ1) is 11.6. The molecule has 6 heteroatoms. The number of aryl methyl sites for hydroxylation is 2. The first-order valence-electron chi connectivity index (χ1n) is 4.95. The summed E-state index contributed by atoms with van der Waals surface area (Å²) in [7, 11) is 1.93. The van der Waals surface area contributed by atoms with Crippen molar-refractivity contribution in [3.05, 3.63) is 33.0 Å². The van der Waals surface area contributed by atoms with Gasteiger partial charge in [0, 0.05) is 31.9 Å². The fraction of sp³-hybridized carbons (Fsp3) is 0.400. The molecule has 0 fully saturated rings. The average Bonchev–Trinajstić information content (AvgIpc) is 2.74. The van der Waals surface area contributed by atoms with E-state index in [1.807, 2.05) is 24.9 Å². The van der Waals surface area contributed by atoms with Gasteiger partial charge in [0.1, 0.15) is 9.34 Å². The SMILES string of the molecule is Cc1nn(C)cc1CNCc1ncc(Cl)s1. The molecule has 2 rings (SSSR count). The lowest BCUT2D eigenvalue weighted by molar-refractivity contribution is 0.687. The minimum absolute atomic E-state index is 0.731. The Labute approximate surface area is 103 Å². The minimum Gasteiger partial charge on any atom is -0.306 e. The lowest BCUT2D eigenvalue weighted by atomic mass is 10.2. The van der Waals surface area contributed by atoms with E-state index in [0.717, 1.165) is 28.1 Å². The number of nitrogens with zero attached hydrogens (tertiary/aromatic N) is 3. The lowest BCUT2D eigenvalue weighted by Gasteiger charge is -2.00. The molecule has 0 atom stereocenters. The van der Waals surface area contributed by atoms with Gasteiger partial charge in [0.25, 0.3) is 0 Å². The van der Waals surface area contributed by atoms with Crippen molar-refractivity contribution in [3.63, 3.8) is 0 Å². The molecule has 2 heterocycles. The van der Waals surface area contributed by atoms with Crippen molar-refractivity contribution < 1.29 is 0 Å². The van der Waals surface area contributed by atoms with Crippen molar-refractivity contribution in [3.8, 4) is 0 Å². The normalized spacial score (nSPS) is 10.9. The van der Waals surface area contributed by atoms with E-state index in [2.05, 4.69) is 15.4 Å².